The average Bonchev–Trinajstić information content (AvgIpc) is 2.74. The summed E-state index contributed by atoms with van der Waals surface area (Å²) in [6.07, 6.45) is 0.483. The Bertz CT molecular complexity index is 736. The minimum absolute atomic E-state index is 0. The van der Waals surface area contributed by atoms with Crippen molar-refractivity contribution in [1.82, 2.24) is 0 Å². The van der Waals surface area contributed by atoms with Gasteiger partial charge < -0.3 is 5.73 Å². The third-order valence-corrected chi connectivity index (χ3v) is 5.45. The van der Waals surface area contributed by atoms with Crippen molar-refractivity contribution in [1.29, 1.82) is 0 Å². The third kappa shape index (κ3) is 2.91. The summed E-state index contributed by atoms with van der Waals surface area (Å²) >= 11 is 0. The number of anilines is 3. The molecule has 0 bridgehead atoms. The summed E-state index contributed by atoms with van der Waals surface area (Å²) in [4.78, 5) is 0. The van der Waals surface area contributed by atoms with Gasteiger partial charge in [0.1, 0.15) is 17.2 Å². The zero-order valence-electron chi connectivity index (χ0n) is 12.6. The van der Waals surface area contributed by atoms with Gasteiger partial charge in [0.25, 0.3) is 0 Å². The van der Waals surface area contributed by atoms with Crippen LogP contribution >= 0.6 is 23.4 Å². The second kappa shape index (κ2) is 7.12. The molecule has 5 nitrogen and oxygen atoms in total. The van der Waals surface area contributed by atoms with Crippen molar-refractivity contribution in [3.8, 4) is 0 Å². The quantitative estimate of drug-likeness (QED) is 0.741. The van der Waals surface area contributed by atoms with Crippen LogP contribution in [0.1, 0.15) is 6.42 Å². The molecular formula is C15H18ClF2N3O2S. The van der Waals surface area contributed by atoms with Gasteiger partial charge in [0.2, 0.25) is 0 Å². The molecule has 0 saturated heterocycles. The van der Waals surface area contributed by atoms with Gasteiger partial charge in [-0.3, -0.25) is 13.4 Å². The summed E-state index contributed by atoms with van der Waals surface area (Å²) in [5, 5.41) is 0. The number of hydrogen-bond donors (Lipinski definition) is 3. The van der Waals surface area contributed by atoms with Crippen molar-refractivity contribution >= 4 is 40.4 Å². The molecule has 1 heterocycles. The molecule has 2 aromatic rings. The molecule has 1 aliphatic rings. The molecule has 0 radical (unpaired) electrons. The van der Waals surface area contributed by atoms with Crippen LogP contribution in [0, 0.1) is 11.6 Å². The molecule has 0 aliphatic carbocycles. The van der Waals surface area contributed by atoms with Crippen LogP contribution < -0.4 is 14.3 Å². The molecule has 4 N–H and O–H groups in total. The second-order valence-electron chi connectivity index (χ2n) is 5.09. The third-order valence-electron chi connectivity index (χ3n) is 3.61. The van der Waals surface area contributed by atoms with Crippen LogP contribution in [-0.4, -0.2) is 22.2 Å². The van der Waals surface area contributed by atoms with E-state index in [1.165, 1.54) is 34.6 Å². The van der Waals surface area contributed by atoms with Crippen LogP contribution in [0.3, 0.4) is 0 Å². The smallest absolute Gasteiger partial charge is 0.150 e. The Balaban J connectivity index is 0.00000208. The lowest BCUT2D eigenvalue weighted by molar-refractivity contribution is 0.482. The molecule has 2 aromatic carbocycles. The first-order valence-corrected chi connectivity index (χ1v) is 8.54. The van der Waals surface area contributed by atoms with Crippen LogP contribution in [0.4, 0.5) is 25.8 Å². The molecule has 3 rings (SSSR count). The predicted molar refractivity (Wildman–Crippen MR) is 96.1 cm³/mol. The van der Waals surface area contributed by atoms with Gasteiger partial charge in [0.05, 0.1) is 5.69 Å². The maximum atomic E-state index is 14.4. The Morgan fingerprint density at radius 3 is 2.25 bits per heavy atom. The maximum absolute atomic E-state index is 14.4. The second-order valence-corrected chi connectivity index (χ2v) is 6.87. The van der Waals surface area contributed by atoms with E-state index >= 15 is 0 Å². The van der Waals surface area contributed by atoms with E-state index in [4.69, 9.17) is 5.73 Å². The van der Waals surface area contributed by atoms with E-state index in [-0.39, 0.29) is 30.3 Å². The van der Waals surface area contributed by atoms with Crippen molar-refractivity contribution in [3.63, 3.8) is 0 Å². The van der Waals surface area contributed by atoms with E-state index < -0.39 is 22.6 Å². The van der Waals surface area contributed by atoms with Crippen molar-refractivity contribution in [2.24, 2.45) is 5.73 Å². The van der Waals surface area contributed by atoms with Gasteiger partial charge >= 0.3 is 0 Å². The molecule has 24 heavy (non-hydrogen) atoms. The zero-order valence-corrected chi connectivity index (χ0v) is 14.2. The van der Waals surface area contributed by atoms with Crippen molar-refractivity contribution in [3.05, 3.63) is 54.1 Å². The molecule has 0 aromatic heterocycles. The first kappa shape index (κ1) is 18.8. The van der Waals surface area contributed by atoms with E-state index in [9.17, 15) is 17.9 Å². The van der Waals surface area contributed by atoms with E-state index in [2.05, 4.69) is 0 Å². The summed E-state index contributed by atoms with van der Waals surface area (Å²) in [6, 6.07) is 9.86. The number of nitrogens with two attached hydrogens (primary N) is 1. The SMILES string of the molecule is Cl.NCCCN1c2cccc(F)c2N(c2ccccc2F)S1(O)O. The number of benzene rings is 2. The summed E-state index contributed by atoms with van der Waals surface area (Å²) in [7, 11) is -3.63. The molecule has 1 aliphatic heterocycles. The molecular weight excluding hydrogens is 360 g/mol. The van der Waals surface area contributed by atoms with E-state index in [0.29, 0.717) is 18.7 Å². The highest BCUT2D eigenvalue weighted by Crippen LogP contribution is 2.64. The Morgan fingerprint density at radius 1 is 0.958 bits per heavy atom. The van der Waals surface area contributed by atoms with E-state index in [1.807, 2.05) is 0 Å². The van der Waals surface area contributed by atoms with Crippen molar-refractivity contribution < 1.29 is 17.9 Å². The summed E-state index contributed by atoms with van der Waals surface area (Å²) in [5.74, 6) is -1.32. The first-order valence-electron chi connectivity index (χ1n) is 7.07. The fourth-order valence-electron chi connectivity index (χ4n) is 2.61. The summed E-state index contributed by atoms with van der Waals surface area (Å²) in [5.41, 5.74) is 5.66. The van der Waals surface area contributed by atoms with Crippen molar-refractivity contribution in [2.45, 2.75) is 6.42 Å². The fraction of sp³-hybridized carbons (Fsp3) is 0.200. The Kier molecular flexibility index (Phi) is 5.56. The lowest BCUT2D eigenvalue weighted by atomic mass is 10.2. The van der Waals surface area contributed by atoms with Crippen molar-refractivity contribution in [2.75, 3.05) is 21.7 Å². The fourth-order valence-corrected chi connectivity index (χ4v) is 4.43. The standard InChI is InChI=1S/C15H17F2N3O2S.ClH/c16-11-5-1-2-7-13(11)20-15-12(17)6-3-8-14(15)19(10-4-9-18)23(20,21)22;/h1-3,5-8,21-22H,4,9-10,18H2;1H. The lowest BCUT2D eigenvalue weighted by Crippen LogP contribution is -2.33. The molecule has 9 heteroatoms. The normalized spacial score (nSPS) is 16.5. The van der Waals surface area contributed by atoms with E-state index in [1.54, 1.807) is 12.1 Å². The summed E-state index contributed by atoms with van der Waals surface area (Å²) in [6.45, 7) is 0.566. The highest BCUT2D eigenvalue weighted by molar-refractivity contribution is 8.27. The topological polar surface area (TPSA) is 73.0 Å². The Labute approximate surface area is 146 Å². The van der Waals surface area contributed by atoms with Gasteiger partial charge in [0.15, 0.2) is 5.82 Å². The molecule has 0 saturated carbocycles. The number of rotatable bonds is 4. The van der Waals surface area contributed by atoms with Gasteiger partial charge in [-0.1, -0.05) is 18.2 Å². The van der Waals surface area contributed by atoms with Gasteiger partial charge in [-0.15, -0.1) is 12.4 Å². The largest absolute Gasteiger partial charge is 0.330 e. The maximum Gasteiger partial charge on any atom is 0.150 e. The monoisotopic (exact) mass is 377 g/mol. The molecule has 0 atom stereocenters. The minimum Gasteiger partial charge on any atom is -0.330 e. The zero-order chi connectivity index (χ0) is 16.6. The average molecular weight is 378 g/mol. The van der Waals surface area contributed by atoms with Crippen LogP contribution in [-0.2, 0) is 0 Å². The number of para-hydroxylation sites is 2. The molecule has 132 valence electrons. The van der Waals surface area contributed by atoms with Crippen LogP contribution in [0.2, 0.25) is 0 Å². The highest BCUT2D eigenvalue weighted by atomic mass is 35.5. The number of halogens is 3. The lowest BCUT2D eigenvalue weighted by Gasteiger charge is -2.43. The van der Waals surface area contributed by atoms with Gasteiger partial charge in [-0.05, 0) is 48.2 Å². The first-order chi connectivity index (χ1) is 11.0. The number of fused-ring (bicyclic) bond motifs is 1. The predicted octanol–water partition coefficient (Wildman–Crippen LogP) is 4.27. The van der Waals surface area contributed by atoms with Crippen LogP contribution in [0.15, 0.2) is 42.5 Å². The Morgan fingerprint density at radius 2 is 1.58 bits per heavy atom. The number of nitrogens with zero attached hydrogens (tertiary/aromatic N) is 2. The molecule has 0 unspecified atom stereocenters. The van der Waals surface area contributed by atoms with Gasteiger partial charge in [-0.2, -0.15) is 0 Å². The number of hydrogen-bond acceptors (Lipinski definition) is 5. The van der Waals surface area contributed by atoms with Gasteiger partial charge in [-0.25, -0.2) is 13.1 Å². The Hall–Kier alpha value is -1.58. The van der Waals surface area contributed by atoms with Gasteiger partial charge in [0, 0.05) is 6.54 Å². The molecule has 0 fully saturated rings. The summed E-state index contributed by atoms with van der Waals surface area (Å²) < 4.78 is 52.1. The molecule has 0 spiro atoms. The van der Waals surface area contributed by atoms with Crippen LogP contribution in [0.5, 0.6) is 0 Å². The van der Waals surface area contributed by atoms with E-state index in [0.717, 1.165) is 4.31 Å². The molecule has 0 amide bonds. The minimum atomic E-state index is -3.63. The highest BCUT2D eigenvalue weighted by Gasteiger charge is 2.44. The van der Waals surface area contributed by atoms with Crippen LogP contribution in [0.25, 0.3) is 0 Å².